The summed E-state index contributed by atoms with van der Waals surface area (Å²) >= 11 is 0. The molecule has 1 aliphatic rings. The lowest BCUT2D eigenvalue weighted by Crippen LogP contribution is -2.40. The third-order valence-corrected chi connectivity index (χ3v) is 6.12. The summed E-state index contributed by atoms with van der Waals surface area (Å²) in [6.07, 6.45) is -1.61. The predicted molar refractivity (Wildman–Crippen MR) is 114 cm³/mol. The maximum atomic E-state index is 13.2. The molecule has 164 valence electrons. The molecule has 0 N–H and O–H groups in total. The number of halogens is 3. The smallest absolute Gasteiger partial charge is 0.342 e. The van der Waals surface area contributed by atoms with Crippen LogP contribution in [0.25, 0.3) is 16.4 Å². The van der Waals surface area contributed by atoms with E-state index in [1.807, 2.05) is 42.5 Å². The summed E-state index contributed by atoms with van der Waals surface area (Å²) < 4.78 is 40.9. The molecule has 1 unspecified atom stereocenters. The van der Waals surface area contributed by atoms with Gasteiger partial charge < -0.3 is 4.90 Å². The molecule has 1 aliphatic heterocycles. The van der Waals surface area contributed by atoms with E-state index >= 15 is 0 Å². The van der Waals surface area contributed by atoms with Crippen LogP contribution in [0, 0.1) is 0 Å². The first-order chi connectivity index (χ1) is 15.4. The number of carbonyl (C=O) groups is 1. The zero-order chi connectivity index (χ0) is 22.3. The summed E-state index contributed by atoms with van der Waals surface area (Å²) in [4.78, 5) is 14.9. The first-order valence-corrected chi connectivity index (χ1v) is 10.6. The molecule has 5 nitrogen and oxygen atoms in total. The van der Waals surface area contributed by atoms with E-state index < -0.39 is 11.7 Å². The molecular formula is C24H21F3N4O. The van der Waals surface area contributed by atoms with Gasteiger partial charge in [-0.3, -0.25) is 9.20 Å². The van der Waals surface area contributed by atoms with E-state index in [1.54, 1.807) is 4.90 Å². The fraction of sp³-hybridized carbons (Fsp3) is 0.292. The number of hydrogen-bond acceptors (Lipinski definition) is 3. The summed E-state index contributed by atoms with van der Waals surface area (Å²) in [6.45, 7) is 1.05. The normalized spacial score (nSPS) is 17.2. The van der Waals surface area contributed by atoms with Gasteiger partial charge in [0.05, 0.1) is 12.0 Å². The summed E-state index contributed by atoms with van der Waals surface area (Å²) in [7, 11) is 0. The average Bonchev–Trinajstić information content (AvgIpc) is 3.22. The Balaban J connectivity index is 1.38. The molecule has 4 aromatic rings. The third kappa shape index (κ3) is 3.81. The van der Waals surface area contributed by atoms with Crippen molar-refractivity contribution < 1.29 is 18.0 Å². The van der Waals surface area contributed by atoms with Crippen LogP contribution < -0.4 is 0 Å². The zero-order valence-electron chi connectivity index (χ0n) is 17.2. The first kappa shape index (κ1) is 20.5. The molecule has 1 atom stereocenters. The van der Waals surface area contributed by atoms with Gasteiger partial charge in [-0.1, -0.05) is 42.5 Å². The highest BCUT2D eigenvalue weighted by molar-refractivity contribution is 5.90. The number of benzene rings is 2. The molecule has 1 amide bonds. The number of piperidine rings is 1. The Morgan fingerprint density at radius 3 is 2.69 bits per heavy atom. The minimum absolute atomic E-state index is 0.0101. The molecule has 5 rings (SSSR count). The molecule has 8 heteroatoms. The van der Waals surface area contributed by atoms with E-state index in [0.717, 1.165) is 41.4 Å². The lowest BCUT2D eigenvalue weighted by atomic mass is 9.96. The number of likely N-dealkylation sites (tertiary alicyclic amines) is 1. The Morgan fingerprint density at radius 2 is 1.84 bits per heavy atom. The topological polar surface area (TPSA) is 50.5 Å². The van der Waals surface area contributed by atoms with Crippen LogP contribution in [0.5, 0.6) is 0 Å². The Morgan fingerprint density at radius 1 is 1.03 bits per heavy atom. The van der Waals surface area contributed by atoms with Gasteiger partial charge in [0.1, 0.15) is 5.82 Å². The van der Waals surface area contributed by atoms with Gasteiger partial charge in [0, 0.05) is 25.2 Å². The Bertz CT molecular complexity index is 1290. The molecule has 0 radical (unpaired) electrons. The summed E-state index contributed by atoms with van der Waals surface area (Å²) in [5.74, 6) is 0.309. The number of alkyl halides is 3. The molecule has 2 aromatic heterocycles. The summed E-state index contributed by atoms with van der Waals surface area (Å²) in [6, 6.07) is 16.2. The molecule has 0 bridgehead atoms. The number of hydrogen-bond donors (Lipinski definition) is 0. The van der Waals surface area contributed by atoms with E-state index in [-0.39, 0.29) is 18.2 Å². The largest absolute Gasteiger partial charge is 0.417 e. The molecule has 1 saturated heterocycles. The van der Waals surface area contributed by atoms with Crippen LogP contribution in [0.15, 0.2) is 60.8 Å². The Kier molecular flexibility index (Phi) is 5.07. The van der Waals surface area contributed by atoms with Crippen molar-refractivity contribution in [1.82, 2.24) is 19.5 Å². The standard InChI is InChI=1S/C24H21F3N4O/c25-24(26,27)19-10-11-21-28-29-23(31(21)15-19)18-8-4-12-30(14-18)22(32)13-17-7-3-6-16-5-1-2-9-20(16)17/h1-3,5-7,9-11,15,18H,4,8,12-14H2. The number of aromatic nitrogens is 3. The molecule has 2 aromatic carbocycles. The molecule has 0 saturated carbocycles. The van der Waals surface area contributed by atoms with Crippen LogP contribution in [-0.2, 0) is 17.4 Å². The number of carbonyl (C=O) groups excluding carboxylic acids is 1. The maximum Gasteiger partial charge on any atom is 0.417 e. The van der Waals surface area contributed by atoms with Crippen molar-refractivity contribution in [2.75, 3.05) is 13.1 Å². The first-order valence-electron chi connectivity index (χ1n) is 10.6. The van der Waals surface area contributed by atoms with Gasteiger partial charge >= 0.3 is 6.18 Å². The second-order valence-electron chi connectivity index (χ2n) is 8.20. The SMILES string of the molecule is O=C(Cc1cccc2ccccc12)N1CCCC(c2nnc3ccc(C(F)(F)F)cn23)C1. The fourth-order valence-electron chi connectivity index (χ4n) is 4.49. The number of rotatable bonds is 3. The number of pyridine rings is 1. The number of nitrogens with zero attached hydrogens (tertiary/aromatic N) is 4. The van der Waals surface area contributed by atoms with Gasteiger partial charge in [0.15, 0.2) is 5.65 Å². The fourth-order valence-corrected chi connectivity index (χ4v) is 4.49. The van der Waals surface area contributed by atoms with Crippen molar-refractivity contribution in [3.05, 3.63) is 77.7 Å². The Labute approximate surface area is 182 Å². The van der Waals surface area contributed by atoms with Crippen molar-refractivity contribution in [2.24, 2.45) is 0 Å². The highest BCUT2D eigenvalue weighted by atomic mass is 19.4. The average molecular weight is 438 g/mol. The summed E-state index contributed by atoms with van der Waals surface area (Å²) in [5.41, 5.74) is 0.593. The van der Waals surface area contributed by atoms with Crippen LogP contribution >= 0.6 is 0 Å². The van der Waals surface area contributed by atoms with Gasteiger partial charge in [-0.05, 0) is 41.3 Å². The molecular weight excluding hydrogens is 417 g/mol. The number of amides is 1. The second kappa shape index (κ2) is 7.93. The van der Waals surface area contributed by atoms with E-state index in [9.17, 15) is 18.0 Å². The monoisotopic (exact) mass is 438 g/mol. The van der Waals surface area contributed by atoms with Crippen molar-refractivity contribution in [3.8, 4) is 0 Å². The van der Waals surface area contributed by atoms with Crippen molar-refractivity contribution in [2.45, 2.75) is 31.4 Å². The molecule has 1 fully saturated rings. The van der Waals surface area contributed by atoms with E-state index in [4.69, 9.17) is 0 Å². The molecule has 3 heterocycles. The van der Waals surface area contributed by atoms with E-state index in [1.165, 1.54) is 10.5 Å². The second-order valence-corrected chi connectivity index (χ2v) is 8.20. The van der Waals surface area contributed by atoms with E-state index in [2.05, 4.69) is 10.2 Å². The highest BCUT2D eigenvalue weighted by Gasteiger charge is 2.32. The van der Waals surface area contributed by atoms with Crippen LogP contribution in [0.2, 0.25) is 0 Å². The van der Waals surface area contributed by atoms with Gasteiger partial charge in [0.2, 0.25) is 5.91 Å². The molecule has 0 spiro atoms. The van der Waals surface area contributed by atoms with Gasteiger partial charge in [0.25, 0.3) is 0 Å². The minimum atomic E-state index is -4.44. The van der Waals surface area contributed by atoms with Crippen LogP contribution in [0.1, 0.15) is 35.7 Å². The summed E-state index contributed by atoms with van der Waals surface area (Å²) in [5, 5.41) is 10.3. The molecule has 0 aliphatic carbocycles. The van der Waals surface area contributed by atoms with Crippen molar-refractivity contribution in [1.29, 1.82) is 0 Å². The van der Waals surface area contributed by atoms with Crippen LogP contribution in [-0.4, -0.2) is 38.5 Å². The molecule has 32 heavy (non-hydrogen) atoms. The van der Waals surface area contributed by atoms with Crippen LogP contribution in [0.3, 0.4) is 0 Å². The highest BCUT2D eigenvalue weighted by Crippen LogP contribution is 2.31. The van der Waals surface area contributed by atoms with Gasteiger partial charge in [-0.2, -0.15) is 13.2 Å². The van der Waals surface area contributed by atoms with Crippen molar-refractivity contribution >= 4 is 22.3 Å². The zero-order valence-corrected chi connectivity index (χ0v) is 17.2. The van der Waals surface area contributed by atoms with Crippen LogP contribution in [0.4, 0.5) is 13.2 Å². The van der Waals surface area contributed by atoms with Gasteiger partial charge in [-0.25, -0.2) is 0 Å². The van der Waals surface area contributed by atoms with Gasteiger partial charge in [-0.15, -0.1) is 10.2 Å². The quantitative estimate of drug-likeness (QED) is 0.460. The van der Waals surface area contributed by atoms with E-state index in [0.29, 0.717) is 24.6 Å². The Hall–Kier alpha value is -3.42. The minimum Gasteiger partial charge on any atom is -0.342 e. The predicted octanol–water partition coefficient (Wildman–Crippen LogP) is 4.85. The third-order valence-electron chi connectivity index (χ3n) is 6.12. The lowest BCUT2D eigenvalue weighted by Gasteiger charge is -2.32. The van der Waals surface area contributed by atoms with Crippen molar-refractivity contribution in [3.63, 3.8) is 0 Å². The lowest BCUT2D eigenvalue weighted by molar-refractivity contribution is -0.137. The maximum absolute atomic E-state index is 13.2. The number of fused-ring (bicyclic) bond motifs is 2.